The number of amides is 1. The fourth-order valence-electron chi connectivity index (χ4n) is 2.25. The fourth-order valence-corrected chi connectivity index (χ4v) is 2.41. The summed E-state index contributed by atoms with van der Waals surface area (Å²) in [6.45, 7) is 6.11. The van der Waals surface area contributed by atoms with Crippen LogP contribution in [-0.2, 0) is 9.47 Å². The van der Waals surface area contributed by atoms with Gasteiger partial charge >= 0.3 is 6.09 Å². The van der Waals surface area contributed by atoms with Gasteiger partial charge in [-0.2, -0.15) is 5.10 Å². The van der Waals surface area contributed by atoms with E-state index in [0.29, 0.717) is 6.54 Å². The van der Waals surface area contributed by atoms with E-state index in [4.69, 9.17) is 26.9 Å². The molecule has 24 heavy (non-hydrogen) atoms. The van der Waals surface area contributed by atoms with E-state index >= 15 is 0 Å². The van der Waals surface area contributed by atoms with Gasteiger partial charge in [0.1, 0.15) is 17.4 Å². The van der Waals surface area contributed by atoms with Crippen LogP contribution in [0.1, 0.15) is 26.3 Å². The monoisotopic (exact) mass is 358 g/mol. The molecule has 0 saturated carbocycles. The molecule has 1 aliphatic heterocycles. The summed E-state index contributed by atoms with van der Waals surface area (Å²) >= 11 is 5.70. The second-order valence-corrected chi connectivity index (χ2v) is 6.62. The van der Waals surface area contributed by atoms with Crippen LogP contribution in [0.4, 0.5) is 9.18 Å². The summed E-state index contributed by atoms with van der Waals surface area (Å²) < 4.78 is 25.1. The minimum absolute atomic E-state index is 0.0912. The van der Waals surface area contributed by atoms with Crippen molar-refractivity contribution in [2.24, 2.45) is 10.9 Å². The standard InChI is InChI=1S/C15H20ClFN4O3/c1-15(2,3)24-14(22)21-6-7-23-10(8-21)12(20-18)9-4-5-19-13(16)11(9)17/h4-5,10H,6-8,18H2,1-3H3/b20-12-. The summed E-state index contributed by atoms with van der Waals surface area (Å²) in [6.07, 6.45) is 0.185. The summed E-state index contributed by atoms with van der Waals surface area (Å²) in [6, 6.07) is 1.41. The number of hydrogen-bond donors (Lipinski definition) is 1. The van der Waals surface area contributed by atoms with Crippen molar-refractivity contribution in [1.82, 2.24) is 9.88 Å². The van der Waals surface area contributed by atoms with Crippen LogP contribution >= 0.6 is 11.6 Å². The van der Waals surface area contributed by atoms with E-state index in [-0.39, 0.29) is 29.6 Å². The van der Waals surface area contributed by atoms with Gasteiger partial charge in [-0.15, -0.1) is 0 Å². The molecule has 0 aromatic carbocycles. The number of hydrazone groups is 1. The lowest BCUT2D eigenvalue weighted by Crippen LogP contribution is -2.50. The van der Waals surface area contributed by atoms with Crippen molar-refractivity contribution in [2.45, 2.75) is 32.5 Å². The van der Waals surface area contributed by atoms with Gasteiger partial charge in [0.05, 0.1) is 13.2 Å². The maximum absolute atomic E-state index is 14.2. The molecule has 1 fully saturated rings. The molecule has 2 heterocycles. The highest BCUT2D eigenvalue weighted by Crippen LogP contribution is 2.20. The Hall–Kier alpha value is -1.93. The number of pyridine rings is 1. The first-order valence-corrected chi connectivity index (χ1v) is 7.78. The van der Waals surface area contributed by atoms with Gasteiger partial charge in [0.2, 0.25) is 0 Å². The molecular formula is C15H20ClFN4O3. The normalized spacial score (nSPS) is 19.3. The number of carbonyl (C=O) groups excluding carboxylic acids is 1. The molecule has 1 amide bonds. The predicted molar refractivity (Wildman–Crippen MR) is 87.5 cm³/mol. The summed E-state index contributed by atoms with van der Waals surface area (Å²) in [7, 11) is 0. The van der Waals surface area contributed by atoms with Crippen molar-refractivity contribution >= 4 is 23.4 Å². The van der Waals surface area contributed by atoms with Crippen LogP contribution in [0.2, 0.25) is 5.15 Å². The number of carbonyl (C=O) groups is 1. The molecule has 2 rings (SSSR count). The third-order valence-corrected chi connectivity index (χ3v) is 3.55. The third kappa shape index (κ3) is 4.33. The minimum Gasteiger partial charge on any atom is -0.444 e. The smallest absolute Gasteiger partial charge is 0.410 e. The zero-order chi connectivity index (χ0) is 17.9. The molecule has 1 saturated heterocycles. The van der Waals surface area contributed by atoms with E-state index < -0.39 is 23.6 Å². The minimum atomic E-state index is -0.735. The molecule has 9 heteroatoms. The molecule has 1 unspecified atom stereocenters. The fraction of sp³-hybridized carbons (Fsp3) is 0.533. The first-order valence-electron chi connectivity index (χ1n) is 7.40. The largest absolute Gasteiger partial charge is 0.444 e. The Bertz CT molecular complexity index is 648. The van der Waals surface area contributed by atoms with Gasteiger partial charge in [0, 0.05) is 18.3 Å². The van der Waals surface area contributed by atoms with E-state index in [1.54, 1.807) is 20.8 Å². The van der Waals surface area contributed by atoms with Gasteiger partial charge < -0.3 is 20.2 Å². The number of rotatable bonds is 2. The van der Waals surface area contributed by atoms with Crippen LogP contribution in [0.5, 0.6) is 0 Å². The van der Waals surface area contributed by atoms with Crippen LogP contribution in [0.15, 0.2) is 17.4 Å². The molecule has 0 bridgehead atoms. The van der Waals surface area contributed by atoms with Crippen molar-refractivity contribution < 1.29 is 18.7 Å². The molecule has 0 aliphatic carbocycles. The van der Waals surface area contributed by atoms with Crippen LogP contribution in [0, 0.1) is 5.82 Å². The average Bonchev–Trinajstić information content (AvgIpc) is 2.51. The van der Waals surface area contributed by atoms with Gasteiger partial charge in [-0.25, -0.2) is 14.2 Å². The third-order valence-electron chi connectivity index (χ3n) is 3.28. The van der Waals surface area contributed by atoms with Gasteiger partial charge in [-0.3, -0.25) is 0 Å². The molecular weight excluding hydrogens is 339 g/mol. The summed E-state index contributed by atoms with van der Waals surface area (Å²) in [5.41, 5.74) is -0.362. The van der Waals surface area contributed by atoms with Crippen molar-refractivity contribution in [1.29, 1.82) is 0 Å². The molecule has 2 N–H and O–H groups in total. The summed E-state index contributed by atoms with van der Waals surface area (Å²) in [4.78, 5) is 17.3. The van der Waals surface area contributed by atoms with Gasteiger partial charge in [0.25, 0.3) is 0 Å². The highest BCUT2D eigenvalue weighted by Gasteiger charge is 2.32. The van der Waals surface area contributed by atoms with Gasteiger partial charge in [-0.05, 0) is 26.8 Å². The van der Waals surface area contributed by atoms with E-state index in [1.807, 2.05) is 0 Å². The van der Waals surface area contributed by atoms with Crippen LogP contribution in [-0.4, -0.2) is 53.1 Å². The van der Waals surface area contributed by atoms with Crippen LogP contribution in [0.3, 0.4) is 0 Å². The number of ether oxygens (including phenoxy) is 2. The first-order chi connectivity index (χ1) is 11.2. The van der Waals surface area contributed by atoms with Crippen molar-refractivity contribution in [3.63, 3.8) is 0 Å². The molecule has 132 valence electrons. The number of aromatic nitrogens is 1. The van der Waals surface area contributed by atoms with Gasteiger partial charge in [0.15, 0.2) is 11.0 Å². The quantitative estimate of drug-likeness (QED) is 0.379. The predicted octanol–water partition coefficient (Wildman–Crippen LogP) is 2.17. The number of hydrogen-bond acceptors (Lipinski definition) is 6. The van der Waals surface area contributed by atoms with Crippen LogP contribution in [0.25, 0.3) is 0 Å². The van der Waals surface area contributed by atoms with Gasteiger partial charge in [-0.1, -0.05) is 11.6 Å². The zero-order valence-corrected chi connectivity index (χ0v) is 14.5. The van der Waals surface area contributed by atoms with E-state index in [2.05, 4.69) is 10.1 Å². The number of halogens is 2. The Morgan fingerprint density at radius 2 is 2.29 bits per heavy atom. The summed E-state index contributed by atoms with van der Waals surface area (Å²) in [5, 5.41) is 3.35. The number of nitrogens with two attached hydrogens (primary N) is 1. The maximum atomic E-state index is 14.2. The Balaban J connectivity index is 2.18. The second-order valence-electron chi connectivity index (χ2n) is 6.26. The Labute approximate surface area is 144 Å². The number of nitrogens with zero attached hydrogens (tertiary/aromatic N) is 3. The molecule has 1 aliphatic rings. The topological polar surface area (TPSA) is 90.0 Å². The van der Waals surface area contributed by atoms with E-state index in [0.717, 1.165) is 0 Å². The number of morpholine rings is 1. The second kappa shape index (κ2) is 7.31. The van der Waals surface area contributed by atoms with E-state index in [9.17, 15) is 9.18 Å². The van der Waals surface area contributed by atoms with Crippen molar-refractivity contribution in [3.05, 3.63) is 28.8 Å². The Morgan fingerprint density at radius 3 is 2.92 bits per heavy atom. The molecule has 1 atom stereocenters. The molecule has 0 spiro atoms. The van der Waals surface area contributed by atoms with E-state index in [1.165, 1.54) is 17.2 Å². The lowest BCUT2D eigenvalue weighted by Gasteiger charge is -2.34. The van der Waals surface area contributed by atoms with Crippen molar-refractivity contribution in [2.75, 3.05) is 19.7 Å². The molecule has 0 radical (unpaired) electrons. The Morgan fingerprint density at radius 1 is 1.58 bits per heavy atom. The summed E-state index contributed by atoms with van der Waals surface area (Å²) in [5.74, 6) is 4.69. The highest BCUT2D eigenvalue weighted by atomic mass is 35.5. The lowest BCUT2D eigenvalue weighted by molar-refractivity contribution is -0.0208. The SMILES string of the molecule is CC(C)(C)OC(=O)N1CCOC(/C(=N\N)c2ccnc(Cl)c2F)C1. The lowest BCUT2D eigenvalue weighted by atomic mass is 10.0. The molecule has 1 aromatic heterocycles. The molecule has 1 aromatic rings. The first kappa shape index (κ1) is 18.4. The highest BCUT2D eigenvalue weighted by molar-refractivity contribution is 6.30. The van der Waals surface area contributed by atoms with Crippen LogP contribution < -0.4 is 5.84 Å². The molecule has 7 nitrogen and oxygen atoms in total. The Kier molecular flexibility index (Phi) is 5.61. The average molecular weight is 359 g/mol. The zero-order valence-electron chi connectivity index (χ0n) is 13.8. The maximum Gasteiger partial charge on any atom is 0.410 e. The van der Waals surface area contributed by atoms with Crippen molar-refractivity contribution in [3.8, 4) is 0 Å².